The highest BCUT2D eigenvalue weighted by atomic mass is 35.5. The highest BCUT2D eigenvalue weighted by Gasteiger charge is 2.16. The first-order valence-electron chi connectivity index (χ1n) is 6.90. The zero-order chi connectivity index (χ0) is 17.0. The highest BCUT2D eigenvalue weighted by molar-refractivity contribution is 6.42. The molecule has 0 spiro atoms. The summed E-state index contributed by atoms with van der Waals surface area (Å²) in [4.78, 5) is 23.5. The van der Waals surface area contributed by atoms with Gasteiger partial charge in [0, 0.05) is 11.3 Å². The molecule has 23 heavy (non-hydrogen) atoms. The van der Waals surface area contributed by atoms with E-state index in [0.29, 0.717) is 27.0 Å². The first kappa shape index (κ1) is 17.3. The lowest BCUT2D eigenvalue weighted by Crippen LogP contribution is -2.30. The van der Waals surface area contributed by atoms with Crippen molar-refractivity contribution < 1.29 is 14.3 Å². The molecule has 0 radical (unpaired) electrons. The van der Waals surface area contributed by atoms with E-state index in [1.807, 2.05) is 0 Å². The van der Waals surface area contributed by atoms with Gasteiger partial charge in [-0.1, -0.05) is 35.3 Å². The Labute approximate surface area is 144 Å². The molecule has 2 rings (SSSR count). The number of benzene rings is 2. The second-order valence-corrected chi connectivity index (χ2v) is 5.78. The molecule has 1 unspecified atom stereocenters. The Bertz CT molecular complexity index is 746. The van der Waals surface area contributed by atoms with Gasteiger partial charge in [-0.05, 0) is 44.2 Å². The maximum atomic E-state index is 12.2. The van der Waals surface area contributed by atoms with Crippen LogP contribution in [-0.2, 0) is 4.79 Å². The summed E-state index contributed by atoms with van der Waals surface area (Å²) in [6.45, 7) is 3.09. The average molecular weight is 352 g/mol. The fraction of sp³-hybridized carbons (Fsp3) is 0.176. The molecule has 0 bridgehead atoms. The summed E-state index contributed by atoms with van der Waals surface area (Å²) < 4.78 is 5.57. The summed E-state index contributed by atoms with van der Waals surface area (Å²) in [5.74, 6) is 0.0504. The lowest BCUT2D eigenvalue weighted by molar-refractivity contribution is -0.122. The number of ether oxygens (including phenoxy) is 1. The number of hydrogen-bond donors (Lipinski definition) is 1. The minimum absolute atomic E-state index is 0.0663. The van der Waals surface area contributed by atoms with Crippen LogP contribution in [0.25, 0.3) is 0 Å². The van der Waals surface area contributed by atoms with Crippen LogP contribution in [-0.4, -0.2) is 17.8 Å². The second kappa shape index (κ2) is 7.49. The summed E-state index contributed by atoms with van der Waals surface area (Å²) in [5, 5.41) is 3.46. The van der Waals surface area contributed by atoms with Crippen LogP contribution in [0.2, 0.25) is 10.0 Å². The number of nitrogens with one attached hydrogen (secondary N) is 1. The SMILES string of the molecule is CC(=O)c1cccc(OC(C)C(=O)Nc2ccc(Cl)c(Cl)c2)c1. The van der Waals surface area contributed by atoms with Crippen LogP contribution in [0, 0.1) is 0 Å². The maximum absolute atomic E-state index is 12.2. The normalized spacial score (nSPS) is 11.7. The zero-order valence-electron chi connectivity index (χ0n) is 12.6. The molecule has 0 aliphatic carbocycles. The first-order chi connectivity index (χ1) is 10.9. The lowest BCUT2D eigenvalue weighted by Gasteiger charge is -2.15. The predicted molar refractivity (Wildman–Crippen MR) is 91.6 cm³/mol. The van der Waals surface area contributed by atoms with Crippen molar-refractivity contribution in [1.29, 1.82) is 0 Å². The van der Waals surface area contributed by atoms with E-state index in [2.05, 4.69) is 5.32 Å². The van der Waals surface area contributed by atoms with Gasteiger partial charge >= 0.3 is 0 Å². The summed E-state index contributed by atoms with van der Waals surface area (Å²) in [5.41, 5.74) is 1.05. The van der Waals surface area contributed by atoms with Crippen molar-refractivity contribution in [3.05, 3.63) is 58.1 Å². The van der Waals surface area contributed by atoms with Gasteiger partial charge in [0.25, 0.3) is 5.91 Å². The Balaban J connectivity index is 2.03. The largest absolute Gasteiger partial charge is 0.481 e. The molecule has 1 atom stereocenters. The maximum Gasteiger partial charge on any atom is 0.265 e. The van der Waals surface area contributed by atoms with E-state index < -0.39 is 6.10 Å². The van der Waals surface area contributed by atoms with Gasteiger partial charge in [-0.2, -0.15) is 0 Å². The molecule has 0 fully saturated rings. The number of Topliss-reactive ketones (excluding diaryl/α,β-unsaturated/α-hetero) is 1. The molecule has 2 aromatic carbocycles. The molecule has 0 saturated carbocycles. The van der Waals surface area contributed by atoms with Gasteiger partial charge in [0.1, 0.15) is 5.75 Å². The molecule has 6 heteroatoms. The number of amides is 1. The number of halogens is 2. The minimum Gasteiger partial charge on any atom is -0.481 e. The number of carbonyl (C=O) groups excluding carboxylic acids is 2. The standard InChI is InChI=1S/C17H15Cl2NO3/c1-10(21)12-4-3-5-14(8-12)23-11(2)17(22)20-13-6-7-15(18)16(19)9-13/h3-9,11H,1-2H3,(H,20,22). The average Bonchev–Trinajstić information content (AvgIpc) is 2.51. The van der Waals surface area contributed by atoms with Gasteiger partial charge in [0.05, 0.1) is 10.0 Å². The van der Waals surface area contributed by atoms with Gasteiger partial charge in [-0.3, -0.25) is 9.59 Å². The third kappa shape index (κ3) is 4.71. The molecule has 2 aromatic rings. The van der Waals surface area contributed by atoms with Gasteiger partial charge in [0.15, 0.2) is 11.9 Å². The second-order valence-electron chi connectivity index (χ2n) is 4.96. The van der Waals surface area contributed by atoms with Crippen LogP contribution in [0.5, 0.6) is 5.75 Å². The molecule has 1 N–H and O–H groups in total. The molecule has 4 nitrogen and oxygen atoms in total. The summed E-state index contributed by atoms with van der Waals surface area (Å²) >= 11 is 11.7. The van der Waals surface area contributed by atoms with Crippen molar-refractivity contribution in [2.45, 2.75) is 20.0 Å². The van der Waals surface area contributed by atoms with Crippen molar-refractivity contribution in [1.82, 2.24) is 0 Å². The van der Waals surface area contributed by atoms with E-state index in [0.717, 1.165) is 0 Å². The quantitative estimate of drug-likeness (QED) is 0.800. The molecular weight excluding hydrogens is 337 g/mol. The van der Waals surface area contributed by atoms with Crippen molar-refractivity contribution in [3.63, 3.8) is 0 Å². The Morgan fingerprint density at radius 2 is 1.83 bits per heavy atom. The van der Waals surface area contributed by atoms with Gasteiger partial charge in [-0.15, -0.1) is 0 Å². The monoisotopic (exact) mass is 351 g/mol. The van der Waals surface area contributed by atoms with Crippen LogP contribution in [0.3, 0.4) is 0 Å². The predicted octanol–water partition coefficient (Wildman–Crippen LogP) is 4.60. The molecule has 120 valence electrons. The molecule has 0 aliphatic rings. The van der Waals surface area contributed by atoms with Crippen molar-refractivity contribution in [3.8, 4) is 5.75 Å². The number of anilines is 1. The molecular formula is C17H15Cl2NO3. The zero-order valence-corrected chi connectivity index (χ0v) is 14.1. The van der Waals surface area contributed by atoms with Crippen molar-refractivity contribution in [2.24, 2.45) is 0 Å². The minimum atomic E-state index is -0.744. The lowest BCUT2D eigenvalue weighted by atomic mass is 10.1. The van der Waals surface area contributed by atoms with E-state index in [9.17, 15) is 9.59 Å². The van der Waals surface area contributed by atoms with Crippen LogP contribution in [0.4, 0.5) is 5.69 Å². The Kier molecular flexibility index (Phi) is 5.64. The number of carbonyl (C=O) groups is 2. The van der Waals surface area contributed by atoms with E-state index in [1.54, 1.807) is 49.4 Å². The van der Waals surface area contributed by atoms with Gasteiger partial charge < -0.3 is 10.1 Å². The van der Waals surface area contributed by atoms with Gasteiger partial charge in [0.2, 0.25) is 0 Å². The van der Waals surface area contributed by atoms with E-state index in [4.69, 9.17) is 27.9 Å². The number of hydrogen-bond acceptors (Lipinski definition) is 3. The fourth-order valence-corrected chi connectivity index (χ4v) is 2.16. The smallest absolute Gasteiger partial charge is 0.265 e. The third-order valence-electron chi connectivity index (χ3n) is 3.11. The first-order valence-corrected chi connectivity index (χ1v) is 7.66. The molecule has 0 heterocycles. The Hall–Kier alpha value is -2.04. The van der Waals surface area contributed by atoms with E-state index in [-0.39, 0.29) is 11.7 Å². The number of rotatable bonds is 5. The van der Waals surface area contributed by atoms with Crippen LogP contribution in [0.15, 0.2) is 42.5 Å². The van der Waals surface area contributed by atoms with Crippen LogP contribution < -0.4 is 10.1 Å². The molecule has 0 aliphatic heterocycles. The van der Waals surface area contributed by atoms with Crippen molar-refractivity contribution in [2.75, 3.05) is 5.32 Å². The van der Waals surface area contributed by atoms with Crippen LogP contribution in [0.1, 0.15) is 24.2 Å². The summed E-state index contributed by atoms with van der Waals surface area (Å²) in [6, 6.07) is 11.5. The number of ketones is 1. The molecule has 1 amide bonds. The molecule has 0 saturated heterocycles. The van der Waals surface area contributed by atoms with Crippen LogP contribution >= 0.6 is 23.2 Å². The molecule has 0 aromatic heterocycles. The van der Waals surface area contributed by atoms with E-state index in [1.165, 1.54) is 6.92 Å². The summed E-state index contributed by atoms with van der Waals surface area (Å²) in [6.07, 6.45) is -0.744. The third-order valence-corrected chi connectivity index (χ3v) is 3.85. The van der Waals surface area contributed by atoms with E-state index >= 15 is 0 Å². The Morgan fingerprint density at radius 3 is 2.48 bits per heavy atom. The van der Waals surface area contributed by atoms with Crippen molar-refractivity contribution >= 4 is 40.6 Å². The fourth-order valence-electron chi connectivity index (χ4n) is 1.86. The summed E-state index contributed by atoms with van der Waals surface area (Å²) in [7, 11) is 0. The van der Waals surface area contributed by atoms with Gasteiger partial charge in [-0.25, -0.2) is 0 Å². The topological polar surface area (TPSA) is 55.4 Å². The highest BCUT2D eigenvalue weighted by Crippen LogP contribution is 2.25. The Morgan fingerprint density at radius 1 is 1.09 bits per heavy atom.